The van der Waals surface area contributed by atoms with Crippen LogP contribution in [0.1, 0.15) is 31.4 Å². The van der Waals surface area contributed by atoms with Gasteiger partial charge >= 0.3 is 0 Å². The zero-order chi connectivity index (χ0) is 15.6. The fourth-order valence-corrected chi connectivity index (χ4v) is 3.01. The number of hydrogen-bond donors (Lipinski definition) is 1. The molecule has 1 aliphatic carbocycles. The number of hydrogen-bond acceptors (Lipinski definition) is 7. The lowest BCUT2D eigenvalue weighted by molar-refractivity contribution is -0.0936. The molecule has 23 heavy (non-hydrogen) atoms. The van der Waals surface area contributed by atoms with Crippen LogP contribution < -0.4 is 5.73 Å². The van der Waals surface area contributed by atoms with E-state index in [4.69, 9.17) is 20.1 Å². The van der Waals surface area contributed by atoms with Crippen molar-refractivity contribution in [2.75, 3.05) is 18.9 Å². The molecule has 0 unspecified atom stereocenters. The van der Waals surface area contributed by atoms with Crippen LogP contribution in [-0.4, -0.2) is 38.1 Å². The first-order valence-electron chi connectivity index (χ1n) is 7.70. The average molecular weight is 312 g/mol. The molecular weight excluding hydrogens is 296 g/mol. The van der Waals surface area contributed by atoms with E-state index < -0.39 is 0 Å². The molecule has 1 aliphatic heterocycles. The van der Waals surface area contributed by atoms with Crippen LogP contribution in [0.25, 0.3) is 22.4 Å². The first kappa shape index (κ1) is 13.0. The normalized spacial score (nSPS) is 19.9. The maximum absolute atomic E-state index is 6.10. The van der Waals surface area contributed by atoms with E-state index in [-0.39, 0.29) is 5.54 Å². The molecule has 3 aromatic heterocycles. The Morgan fingerprint density at radius 1 is 1.30 bits per heavy atom. The quantitative estimate of drug-likeness (QED) is 0.784. The van der Waals surface area contributed by atoms with Crippen LogP contribution in [0.15, 0.2) is 16.9 Å². The number of aromatic nitrogens is 5. The van der Waals surface area contributed by atoms with E-state index in [1.165, 1.54) is 6.33 Å². The predicted octanol–water partition coefficient (Wildman–Crippen LogP) is 1.69. The second-order valence-electron chi connectivity index (χ2n) is 6.60. The molecule has 2 N–H and O–H groups in total. The molecule has 1 saturated heterocycles. The van der Waals surface area contributed by atoms with Gasteiger partial charge in [0.05, 0.1) is 18.6 Å². The molecule has 0 atom stereocenters. The van der Waals surface area contributed by atoms with Gasteiger partial charge in [-0.1, -0.05) is 5.16 Å². The van der Waals surface area contributed by atoms with Crippen LogP contribution in [0, 0.1) is 0 Å². The van der Waals surface area contributed by atoms with Crippen molar-refractivity contribution in [2.24, 2.45) is 0 Å². The SMILES string of the molecule is CC1(n2nc(-c3cc(C4CC4)on3)c3c(N)ncnc32)COC1. The van der Waals surface area contributed by atoms with E-state index in [0.29, 0.717) is 42.0 Å². The third-order valence-corrected chi connectivity index (χ3v) is 4.58. The van der Waals surface area contributed by atoms with E-state index in [9.17, 15) is 0 Å². The van der Waals surface area contributed by atoms with Crippen molar-refractivity contribution in [1.29, 1.82) is 0 Å². The van der Waals surface area contributed by atoms with Gasteiger partial charge in [0.2, 0.25) is 0 Å². The zero-order valence-electron chi connectivity index (χ0n) is 12.7. The van der Waals surface area contributed by atoms with Crippen LogP contribution >= 0.6 is 0 Å². The topological polar surface area (TPSA) is 105 Å². The van der Waals surface area contributed by atoms with Gasteiger partial charge in [-0.2, -0.15) is 5.10 Å². The third-order valence-electron chi connectivity index (χ3n) is 4.58. The van der Waals surface area contributed by atoms with Gasteiger partial charge in [0, 0.05) is 12.0 Å². The van der Waals surface area contributed by atoms with Gasteiger partial charge in [0.15, 0.2) is 5.65 Å². The molecule has 8 heteroatoms. The van der Waals surface area contributed by atoms with Crippen molar-refractivity contribution in [3.63, 3.8) is 0 Å². The van der Waals surface area contributed by atoms with E-state index in [1.54, 1.807) is 0 Å². The molecule has 118 valence electrons. The molecular formula is C15H16N6O2. The largest absolute Gasteiger partial charge is 0.383 e. The van der Waals surface area contributed by atoms with Crippen molar-refractivity contribution in [1.82, 2.24) is 24.9 Å². The molecule has 0 bridgehead atoms. The number of ether oxygens (including phenoxy) is 1. The lowest BCUT2D eigenvalue weighted by Gasteiger charge is -2.38. The van der Waals surface area contributed by atoms with E-state index >= 15 is 0 Å². The summed E-state index contributed by atoms with van der Waals surface area (Å²) in [6.07, 6.45) is 3.77. The van der Waals surface area contributed by atoms with Crippen molar-refractivity contribution >= 4 is 16.9 Å². The lowest BCUT2D eigenvalue weighted by atomic mass is 10.0. The second kappa shape index (κ2) is 4.29. The molecule has 0 aromatic carbocycles. The lowest BCUT2D eigenvalue weighted by Crippen LogP contribution is -2.49. The molecule has 8 nitrogen and oxygen atoms in total. The molecule has 3 aromatic rings. The minimum Gasteiger partial charge on any atom is -0.383 e. The smallest absolute Gasteiger partial charge is 0.164 e. The highest BCUT2D eigenvalue weighted by molar-refractivity contribution is 5.97. The molecule has 0 spiro atoms. The third kappa shape index (κ3) is 1.81. The Kier molecular flexibility index (Phi) is 2.42. The first-order valence-corrected chi connectivity index (χ1v) is 7.70. The Hall–Kier alpha value is -2.48. The number of nitrogens with zero attached hydrogens (tertiary/aromatic N) is 5. The summed E-state index contributed by atoms with van der Waals surface area (Å²) in [7, 11) is 0. The maximum Gasteiger partial charge on any atom is 0.164 e. The zero-order valence-corrected chi connectivity index (χ0v) is 12.7. The van der Waals surface area contributed by atoms with Crippen molar-refractivity contribution in [3.8, 4) is 11.4 Å². The van der Waals surface area contributed by atoms with Gasteiger partial charge < -0.3 is 15.0 Å². The number of fused-ring (bicyclic) bond motifs is 1. The summed E-state index contributed by atoms with van der Waals surface area (Å²) in [6.45, 7) is 3.28. The summed E-state index contributed by atoms with van der Waals surface area (Å²) >= 11 is 0. The second-order valence-corrected chi connectivity index (χ2v) is 6.60. The van der Waals surface area contributed by atoms with Crippen LogP contribution in [0.3, 0.4) is 0 Å². The van der Waals surface area contributed by atoms with E-state index in [1.807, 2.05) is 10.7 Å². The summed E-state index contributed by atoms with van der Waals surface area (Å²) < 4.78 is 12.7. The summed E-state index contributed by atoms with van der Waals surface area (Å²) in [5, 5.41) is 9.64. The van der Waals surface area contributed by atoms with Gasteiger partial charge in [0.25, 0.3) is 0 Å². The molecule has 2 fully saturated rings. The Morgan fingerprint density at radius 3 is 2.83 bits per heavy atom. The number of nitrogens with two attached hydrogens (primary N) is 1. The molecule has 2 aliphatic rings. The average Bonchev–Trinajstić information content (AvgIpc) is 3.11. The predicted molar refractivity (Wildman–Crippen MR) is 81.7 cm³/mol. The summed E-state index contributed by atoms with van der Waals surface area (Å²) in [5.74, 6) is 1.81. The van der Waals surface area contributed by atoms with Gasteiger partial charge in [-0.15, -0.1) is 0 Å². The first-order chi connectivity index (χ1) is 11.2. The minimum absolute atomic E-state index is 0.222. The summed E-state index contributed by atoms with van der Waals surface area (Å²) in [5.41, 5.74) is 7.93. The van der Waals surface area contributed by atoms with E-state index in [0.717, 1.165) is 24.0 Å². The van der Waals surface area contributed by atoms with Crippen molar-refractivity contribution < 1.29 is 9.26 Å². The number of rotatable bonds is 3. The van der Waals surface area contributed by atoms with Crippen molar-refractivity contribution in [2.45, 2.75) is 31.2 Å². The minimum atomic E-state index is -0.222. The molecule has 0 amide bonds. The van der Waals surface area contributed by atoms with Gasteiger partial charge in [0.1, 0.15) is 34.8 Å². The summed E-state index contributed by atoms with van der Waals surface area (Å²) in [6, 6.07) is 1.95. The monoisotopic (exact) mass is 312 g/mol. The molecule has 0 radical (unpaired) electrons. The van der Waals surface area contributed by atoms with Crippen LogP contribution in [0.5, 0.6) is 0 Å². The number of nitrogen functional groups attached to an aromatic ring is 1. The molecule has 5 rings (SSSR count). The highest BCUT2D eigenvalue weighted by Gasteiger charge is 2.39. The van der Waals surface area contributed by atoms with Crippen LogP contribution in [0.4, 0.5) is 5.82 Å². The highest BCUT2D eigenvalue weighted by atomic mass is 16.5. The summed E-state index contributed by atoms with van der Waals surface area (Å²) in [4.78, 5) is 8.50. The van der Waals surface area contributed by atoms with Crippen molar-refractivity contribution in [3.05, 3.63) is 18.2 Å². The van der Waals surface area contributed by atoms with Crippen LogP contribution in [-0.2, 0) is 10.3 Å². The highest BCUT2D eigenvalue weighted by Crippen LogP contribution is 2.42. The Morgan fingerprint density at radius 2 is 2.13 bits per heavy atom. The van der Waals surface area contributed by atoms with Crippen LogP contribution in [0.2, 0.25) is 0 Å². The van der Waals surface area contributed by atoms with Gasteiger partial charge in [-0.25, -0.2) is 14.6 Å². The molecule has 4 heterocycles. The maximum atomic E-state index is 6.10. The fourth-order valence-electron chi connectivity index (χ4n) is 3.01. The van der Waals surface area contributed by atoms with Gasteiger partial charge in [-0.3, -0.25) is 0 Å². The Balaban J connectivity index is 1.73. The molecule has 1 saturated carbocycles. The Bertz CT molecular complexity index is 906. The van der Waals surface area contributed by atoms with Gasteiger partial charge in [-0.05, 0) is 19.8 Å². The Labute approximate surface area is 131 Å². The number of anilines is 1. The van der Waals surface area contributed by atoms with E-state index in [2.05, 4.69) is 22.0 Å². The fraction of sp³-hybridized carbons (Fsp3) is 0.467. The standard InChI is InChI=1S/C15H16N6O2/c1-15(5-22-6-15)21-14-11(13(16)17-7-18-14)12(19-21)9-4-10(23-20-9)8-2-3-8/h4,7-8H,2-3,5-6H2,1H3,(H2,16,17,18).